The lowest BCUT2D eigenvalue weighted by Gasteiger charge is -2.11. The summed E-state index contributed by atoms with van der Waals surface area (Å²) in [6.45, 7) is 3.24. The zero-order valence-electron chi connectivity index (χ0n) is 7.84. The summed E-state index contributed by atoms with van der Waals surface area (Å²) in [7, 11) is 0. The summed E-state index contributed by atoms with van der Waals surface area (Å²) < 4.78 is 3.11. The molecule has 0 aliphatic rings. The van der Waals surface area contributed by atoms with Crippen molar-refractivity contribution >= 4 is 31.9 Å². The van der Waals surface area contributed by atoms with Crippen molar-refractivity contribution in [2.45, 2.75) is 13.5 Å². The summed E-state index contributed by atoms with van der Waals surface area (Å²) >= 11 is 6.55. The summed E-state index contributed by atoms with van der Waals surface area (Å²) in [5.41, 5.74) is 5.49. The second kappa shape index (κ2) is 5.09. The van der Waals surface area contributed by atoms with Crippen LogP contribution in [0.3, 0.4) is 0 Å². The summed E-state index contributed by atoms with van der Waals surface area (Å²) in [6, 6.07) is 1.74. The minimum Gasteiger partial charge on any atom is -0.330 e. The van der Waals surface area contributed by atoms with Crippen LogP contribution in [0.25, 0.3) is 0 Å². The van der Waals surface area contributed by atoms with Gasteiger partial charge in [-0.25, -0.2) is 0 Å². The average Bonchev–Trinajstić information content (AvgIpc) is 2.13. The van der Waals surface area contributed by atoms with E-state index < -0.39 is 0 Å². The number of hydrogen-bond donors (Lipinski definition) is 1. The number of halogens is 2. The third kappa shape index (κ3) is 2.93. The third-order valence-electron chi connectivity index (χ3n) is 1.92. The molecule has 1 unspecified atom stereocenters. The van der Waals surface area contributed by atoms with Gasteiger partial charge in [-0.3, -0.25) is 4.79 Å². The minimum atomic E-state index is -0.0199. The number of hydrogen-bond acceptors (Lipinski definition) is 2. The summed E-state index contributed by atoms with van der Waals surface area (Å²) in [4.78, 5) is 11.6. The van der Waals surface area contributed by atoms with Crippen LogP contribution in [-0.2, 0) is 6.54 Å². The maximum absolute atomic E-state index is 11.6. The zero-order valence-corrected chi connectivity index (χ0v) is 11.0. The van der Waals surface area contributed by atoms with Gasteiger partial charge in [-0.2, -0.15) is 0 Å². The van der Waals surface area contributed by atoms with E-state index in [1.807, 2.05) is 6.92 Å². The van der Waals surface area contributed by atoms with E-state index >= 15 is 0 Å². The van der Waals surface area contributed by atoms with E-state index in [9.17, 15) is 4.79 Å². The Morgan fingerprint density at radius 3 is 2.79 bits per heavy atom. The van der Waals surface area contributed by atoms with Gasteiger partial charge in [-0.15, -0.1) is 0 Å². The van der Waals surface area contributed by atoms with Crippen LogP contribution in [0.5, 0.6) is 0 Å². The first kappa shape index (κ1) is 11.9. The van der Waals surface area contributed by atoms with Gasteiger partial charge in [-0.1, -0.05) is 6.92 Å². The molecule has 0 saturated heterocycles. The fourth-order valence-electron chi connectivity index (χ4n) is 1.11. The van der Waals surface area contributed by atoms with E-state index in [2.05, 4.69) is 31.9 Å². The van der Waals surface area contributed by atoms with E-state index in [4.69, 9.17) is 5.73 Å². The molecule has 5 heteroatoms. The predicted octanol–water partition coefficient (Wildman–Crippen LogP) is 1.97. The van der Waals surface area contributed by atoms with Crippen LogP contribution >= 0.6 is 31.9 Å². The normalized spacial score (nSPS) is 12.9. The maximum Gasteiger partial charge on any atom is 0.264 e. The molecule has 0 bridgehead atoms. The van der Waals surface area contributed by atoms with Gasteiger partial charge >= 0.3 is 0 Å². The molecule has 1 aromatic heterocycles. The summed E-state index contributed by atoms with van der Waals surface area (Å²) in [5, 5.41) is 0. The molecule has 0 saturated carbocycles. The van der Waals surface area contributed by atoms with Gasteiger partial charge in [0.2, 0.25) is 0 Å². The van der Waals surface area contributed by atoms with Crippen molar-refractivity contribution in [2.75, 3.05) is 6.54 Å². The second-order valence-corrected chi connectivity index (χ2v) is 5.07. The molecule has 0 radical (unpaired) electrons. The lowest BCUT2D eigenvalue weighted by atomic mass is 10.2. The van der Waals surface area contributed by atoms with Crippen molar-refractivity contribution in [2.24, 2.45) is 11.7 Å². The summed E-state index contributed by atoms with van der Waals surface area (Å²) in [5.74, 6) is 0.300. The van der Waals surface area contributed by atoms with E-state index in [0.717, 1.165) is 4.47 Å². The maximum atomic E-state index is 11.6. The molecule has 0 aliphatic carbocycles. The highest BCUT2D eigenvalue weighted by Gasteiger charge is 2.06. The van der Waals surface area contributed by atoms with E-state index in [1.165, 1.54) is 0 Å². The Labute approximate surface area is 99.6 Å². The highest BCUT2D eigenvalue weighted by atomic mass is 79.9. The molecule has 3 nitrogen and oxygen atoms in total. The zero-order chi connectivity index (χ0) is 10.7. The molecule has 1 aromatic rings. The first-order valence-electron chi connectivity index (χ1n) is 4.30. The van der Waals surface area contributed by atoms with Gasteiger partial charge in [-0.05, 0) is 50.4 Å². The molecule has 1 atom stereocenters. The van der Waals surface area contributed by atoms with Crippen LogP contribution in [0.2, 0.25) is 0 Å². The van der Waals surface area contributed by atoms with Crippen LogP contribution in [0.4, 0.5) is 0 Å². The van der Waals surface area contributed by atoms with E-state index in [-0.39, 0.29) is 5.56 Å². The molecule has 0 amide bonds. The largest absolute Gasteiger partial charge is 0.330 e. The highest BCUT2D eigenvalue weighted by Crippen LogP contribution is 2.13. The molecule has 1 heterocycles. The highest BCUT2D eigenvalue weighted by molar-refractivity contribution is 9.11. The number of nitrogens with two attached hydrogens (primary N) is 1. The molecule has 0 spiro atoms. The molecule has 14 heavy (non-hydrogen) atoms. The van der Waals surface area contributed by atoms with Crippen LogP contribution in [0.1, 0.15) is 6.92 Å². The smallest absolute Gasteiger partial charge is 0.264 e. The molecule has 0 aliphatic heterocycles. The van der Waals surface area contributed by atoms with Crippen molar-refractivity contribution < 1.29 is 0 Å². The SMILES string of the molecule is CC(CN)Cn1cc(Br)cc(Br)c1=O. The molecule has 2 N–H and O–H groups in total. The Hall–Kier alpha value is -0.130. The second-order valence-electron chi connectivity index (χ2n) is 3.30. The standard InChI is InChI=1S/C9H12Br2N2O/c1-6(3-12)4-13-5-7(10)2-8(11)9(13)14/h2,5-6H,3-4,12H2,1H3. The van der Waals surface area contributed by atoms with Crippen molar-refractivity contribution in [3.63, 3.8) is 0 Å². The van der Waals surface area contributed by atoms with Gasteiger partial charge in [0.05, 0.1) is 4.47 Å². The molecular weight excluding hydrogens is 312 g/mol. The number of aromatic nitrogens is 1. The minimum absolute atomic E-state index is 0.0199. The fourth-order valence-corrected chi connectivity index (χ4v) is 2.37. The number of rotatable bonds is 3. The quantitative estimate of drug-likeness (QED) is 0.924. The summed E-state index contributed by atoms with van der Waals surface area (Å²) in [6.07, 6.45) is 1.78. The van der Waals surface area contributed by atoms with Gasteiger partial charge in [0, 0.05) is 17.2 Å². The first-order valence-corrected chi connectivity index (χ1v) is 5.88. The Bertz CT molecular complexity index is 376. The molecular formula is C9H12Br2N2O. The lowest BCUT2D eigenvalue weighted by Crippen LogP contribution is -2.26. The van der Waals surface area contributed by atoms with Gasteiger partial charge in [0.15, 0.2) is 0 Å². The third-order valence-corrected chi connectivity index (χ3v) is 2.92. The van der Waals surface area contributed by atoms with Crippen molar-refractivity contribution in [3.8, 4) is 0 Å². The molecule has 0 aromatic carbocycles. The van der Waals surface area contributed by atoms with Gasteiger partial charge in [0.1, 0.15) is 0 Å². The van der Waals surface area contributed by atoms with E-state index in [0.29, 0.717) is 23.5 Å². The monoisotopic (exact) mass is 322 g/mol. The van der Waals surface area contributed by atoms with Crippen LogP contribution < -0.4 is 11.3 Å². The molecule has 1 rings (SSSR count). The average molecular weight is 324 g/mol. The van der Waals surface area contributed by atoms with Gasteiger partial charge in [0.25, 0.3) is 5.56 Å². The first-order chi connectivity index (χ1) is 6.54. The Morgan fingerprint density at radius 2 is 2.21 bits per heavy atom. The van der Waals surface area contributed by atoms with Crippen molar-refractivity contribution in [3.05, 3.63) is 31.6 Å². The van der Waals surface area contributed by atoms with Crippen LogP contribution in [0.15, 0.2) is 26.0 Å². The fraction of sp³-hybridized carbons (Fsp3) is 0.444. The topological polar surface area (TPSA) is 48.0 Å². The van der Waals surface area contributed by atoms with Gasteiger partial charge < -0.3 is 10.3 Å². The van der Waals surface area contributed by atoms with Crippen LogP contribution in [0, 0.1) is 5.92 Å². The Balaban J connectivity index is 3.02. The Kier molecular flexibility index (Phi) is 4.34. The predicted molar refractivity (Wildman–Crippen MR) is 64.3 cm³/mol. The number of pyridine rings is 1. The van der Waals surface area contributed by atoms with E-state index in [1.54, 1.807) is 16.8 Å². The number of nitrogens with zero attached hydrogens (tertiary/aromatic N) is 1. The molecule has 78 valence electrons. The van der Waals surface area contributed by atoms with Crippen molar-refractivity contribution in [1.82, 2.24) is 4.57 Å². The van der Waals surface area contributed by atoms with Crippen molar-refractivity contribution in [1.29, 1.82) is 0 Å². The molecule has 0 fully saturated rings. The van der Waals surface area contributed by atoms with Crippen LogP contribution in [-0.4, -0.2) is 11.1 Å². The Morgan fingerprint density at radius 1 is 1.57 bits per heavy atom. The lowest BCUT2D eigenvalue weighted by molar-refractivity contribution is 0.480.